The summed E-state index contributed by atoms with van der Waals surface area (Å²) in [4.78, 5) is 22.6. The van der Waals surface area contributed by atoms with Crippen LogP contribution in [0.4, 0.5) is 0 Å². The molecule has 0 aromatic carbocycles. The van der Waals surface area contributed by atoms with E-state index < -0.39 is 12.0 Å². The normalized spacial score (nSPS) is 20.9. The van der Waals surface area contributed by atoms with E-state index >= 15 is 0 Å². The van der Waals surface area contributed by atoms with Crippen molar-refractivity contribution < 1.29 is 19.1 Å². The molecule has 1 amide bonds. The van der Waals surface area contributed by atoms with Crippen LogP contribution in [0.2, 0.25) is 0 Å². The molecule has 0 bridgehead atoms. The number of nitrogens with one attached hydrogen (secondary N) is 2. The van der Waals surface area contributed by atoms with Gasteiger partial charge in [-0.3, -0.25) is 4.79 Å². The molecule has 1 aliphatic heterocycles. The van der Waals surface area contributed by atoms with Gasteiger partial charge >= 0.3 is 5.97 Å². The third kappa shape index (κ3) is 5.86. The van der Waals surface area contributed by atoms with E-state index in [0.717, 1.165) is 6.54 Å². The third-order valence-corrected chi connectivity index (χ3v) is 2.36. The van der Waals surface area contributed by atoms with Crippen LogP contribution < -0.4 is 10.6 Å². The Morgan fingerprint density at radius 2 is 2.29 bits per heavy atom. The van der Waals surface area contributed by atoms with Gasteiger partial charge < -0.3 is 20.1 Å². The van der Waals surface area contributed by atoms with Gasteiger partial charge in [0, 0.05) is 19.0 Å². The van der Waals surface area contributed by atoms with Gasteiger partial charge in [0.15, 0.2) is 0 Å². The maximum atomic E-state index is 11.5. The van der Waals surface area contributed by atoms with Crippen molar-refractivity contribution in [1.29, 1.82) is 0 Å². The van der Waals surface area contributed by atoms with Crippen LogP contribution in [0.5, 0.6) is 0 Å². The average molecular weight is 267 g/mol. The number of ether oxygens (including phenoxy) is 2. The Labute approximate surface area is 107 Å². The summed E-state index contributed by atoms with van der Waals surface area (Å²) < 4.78 is 9.73. The molecule has 1 heterocycles. The van der Waals surface area contributed by atoms with Crippen molar-refractivity contribution in [2.45, 2.75) is 25.4 Å². The number of methoxy groups -OCH3 is 1. The molecule has 1 aliphatic rings. The minimum absolute atomic E-state index is 0. The molecule has 1 fully saturated rings. The molecule has 0 aromatic heterocycles. The second kappa shape index (κ2) is 8.27. The first kappa shape index (κ1) is 16.1. The highest BCUT2D eigenvalue weighted by Crippen LogP contribution is 1.99. The van der Waals surface area contributed by atoms with Crippen LogP contribution in [-0.2, 0) is 19.1 Å². The Bertz CT molecular complexity index is 257. The van der Waals surface area contributed by atoms with E-state index in [2.05, 4.69) is 15.4 Å². The van der Waals surface area contributed by atoms with Crippen LogP contribution in [0, 0.1) is 0 Å². The summed E-state index contributed by atoms with van der Waals surface area (Å²) in [5.41, 5.74) is 0. The first-order valence-electron chi connectivity index (χ1n) is 5.31. The predicted molar refractivity (Wildman–Crippen MR) is 64.1 cm³/mol. The van der Waals surface area contributed by atoms with Crippen molar-refractivity contribution >= 4 is 24.3 Å². The van der Waals surface area contributed by atoms with Crippen LogP contribution in [0.25, 0.3) is 0 Å². The summed E-state index contributed by atoms with van der Waals surface area (Å²) in [5.74, 6) is -0.623. The number of amides is 1. The number of hydrogen-bond donors (Lipinski definition) is 2. The number of esters is 1. The Morgan fingerprint density at radius 3 is 2.82 bits per heavy atom. The van der Waals surface area contributed by atoms with Crippen LogP contribution in [-0.4, -0.2) is 50.8 Å². The monoisotopic (exact) mass is 266 g/mol. The first-order valence-corrected chi connectivity index (χ1v) is 5.31. The van der Waals surface area contributed by atoms with Crippen LogP contribution in [0.1, 0.15) is 13.3 Å². The number of morpholine rings is 1. The number of halogens is 1. The fourth-order valence-corrected chi connectivity index (χ4v) is 1.51. The lowest BCUT2D eigenvalue weighted by Gasteiger charge is -2.23. The van der Waals surface area contributed by atoms with Gasteiger partial charge in [-0.25, -0.2) is 4.79 Å². The molecule has 0 aliphatic carbocycles. The molecule has 1 saturated heterocycles. The Morgan fingerprint density at radius 1 is 1.59 bits per heavy atom. The third-order valence-electron chi connectivity index (χ3n) is 2.36. The minimum Gasteiger partial charge on any atom is -0.467 e. The molecule has 0 saturated carbocycles. The molecule has 17 heavy (non-hydrogen) atoms. The quantitative estimate of drug-likeness (QED) is 0.669. The fourth-order valence-electron chi connectivity index (χ4n) is 1.51. The first-order chi connectivity index (χ1) is 7.63. The van der Waals surface area contributed by atoms with Gasteiger partial charge in [0.25, 0.3) is 0 Å². The van der Waals surface area contributed by atoms with Crippen LogP contribution in [0.3, 0.4) is 0 Å². The maximum Gasteiger partial charge on any atom is 0.328 e. The van der Waals surface area contributed by atoms with E-state index in [1.54, 1.807) is 6.92 Å². The van der Waals surface area contributed by atoms with Gasteiger partial charge in [0.2, 0.25) is 5.91 Å². The highest BCUT2D eigenvalue weighted by atomic mass is 35.5. The average Bonchev–Trinajstić information content (AvgIpc) is 2.29. The smallest absolute Gasteiger partial charge is 0.328 e. The van der Waals surface area contributed by atoms with Gasteiger partial charge in [0.05, 0.1) is 20.3 Å². The van der Waals surface area contributed by atoms with Crippen molar-refractivity contribution in [2.24, 2.45) is 0 Å². The van der Waals surface area contributed by atoms with Crippen molar-refractivity contribution in [3.05, 3.63) is 0 Å². The van der Waals surface area contributed by atoms with E-state index in [1.165, 1.54) is 7.11 Å². The number of carbonyl (C=O) groups is 2. The molecule has 7 heteroatoms. The van der Waals surface area contributed by atoms with Crippen LogP contribution >= 0.6 is 12.4 Å². The van der Waals surface area contributed by atoms with Crippen molar-refractivity contribution in [1.82, 2.24) is 10.6 Å². The topological polar surface area (TPSA) is 76.7 Å². The van der Waals surface area contributed by atoms with Gasteiger partial charge in [-0.1, -0.05) is 0 Å². The lowest BCUT2D eigenvalue weighted by Crippen LogP contribution is -2.46. The molecular formula is C10H19ClN2O4. The maximum absolute atomic E-state index is 11.5. The SMILES string of the molecule is COC(=O)[C@@H](C)NC(=O)CC1COCCN1.Cl. The van der Waals surface area contributed by atoms with E-state index in [-0.39, 0.29) is 24.4 Å². The second-order valence-corrected chi connectivity index (χ2v) is 3.74. The highest BCUT2D eigenvalue weighted by molar-refractivity contribution is 5.85. The standard InChI is InChI=1S/C10H18N2O4.ClH/c1-7(10(14)15-2)12-9(13)5-8-6-16-4-3-11-8;/h7-8,11H,3-6H2,1-2H3,(H,12,13);1H/t7-,8?;/m1./s1. The highest BCUT2D eigenvalue weighted by Gasteiger charge is 2.20. The van der Waals surface area contributed by atoms with Crippen molar-refractivity contribution in [3.63, 3.8) is 0 Å². The summed E-state index contributed by atoms with van der Waals surface area (Å²) >= 11 is 0. The second-order valence-electron chi connectivity index (χ2n) is 3.74. The molecule has 1 rings (SSSR count). The van der Waals surface area contributed by atoms with Crippen LogP contribution in [0.15, 0.2) is 0 Å². The number of rotatable bonds is 4. The summed E-state index contributed by atoms with van der Waals surface area (Å²) in [6.45, 7) is 3.55. The van der Waals surface area contributed by atoms with Gasteiger partial charge in [-0.15, -0.1) is 12.4 Å². The number of carbonyl (C=O) groups excluding carboxylic acids is 2. The molecule has 2 atom stereocenters. The molecular weight excluding hydrogens is 248 g/mol. The Kier molecular flexibility index (Phi) is 7.86. The summed E-state index contributed by atoms with van der Waals surface area (Å²) in [7, 11) is 1.29. The van der Waals surface area contributed by atoms with E-state index in [1.807, 2.05) is 0 Å². The van der Waals surface area contributed by atoms with E-state index in [9.17, 15) is 9.59 Å². The lowest BCUT2D eigenvalue weighted by molar-refractivity contribution is -0.144. The Hall–Kier alpha value is -0.850. The van der Waals surface area contributed by atoms with Gasteiger partial charge in [-0.05, 0) is 6.92 Å². The molecule has 1 unspecified atom stereocenters. The fraction of sp³-hybridized carbons (Fsp3) is 0.800. The minimum atomic E-state index is -0.609. The lowest BCUT2D eigenvalue weighted by atomic mass is 10.2. The van der Waals surface area contributed by atoms with Gasteiger partial charge in [0.1, 0.15) is 6.04 Å². The molecule has 6 nitrogen and oxygen atoms in total. The summed E-state index contributed by atoms with van der Waals surface area (Å²) in [5, 5.41) is 5.73. The molecule has 0 aromatic rings. The zero-order valence-corrected chi connectivity index (χ0v) is 10.8. The summed E-state index contributed by atoms with van der Waals surface area (Å²) in [6, 6.07) is -0.583. The predicted octanol–water partition coefficient (Wildman–Crippen LogP) is -0.536. The zero-order chi connectivity index (χ0) is 12.0. The summed E-state index contributed by atoms with van der Waals surface area (Å²) in [6.07, 6.45) is 0.307. The van der Waals surface area contributed by atoms with Crippen molar-refractivity contribution in [3.8, 4) is 0 Å². The van der Waals surface area contributed by atoms with Gasteiger partial charge in [-0.2, -0.15) is 0 Å². The Balaban J connectivity index is 0.00000256. The van der Waals surface area contributed by atoms with Crippen molar-refractivity contribution in [2.75, 3.05) is 26.9 Å². The zero-order valence-electron chi connectivity index (χ0n) is 10.0. The van der Waals surface area contributed by atoms with E-state index in [4.69, 9.17) is 4.74 Å². The van der Waals surface area contributed by atoms with E-state index in [0.29, 0.717) is 19.6 Å². The number of hydrogen-bond acceptors (Lipinski definition) is 5. The largest absolute Gasteiger partial charge is 0.467 e. The molecule has 0 spiro atoms. The molecule has 0 radical (unpaired) electrons. The molecule has 100 valence electrons. The molecule has 2 N–H and O–H groups in total.